The van der Waals surface area contributed by atoms with Crippen LogP contribution < -0.4 is 15.5 Å². The van der Waals surface area contributed by atoms with Gasteiger partial charge in [-0.05, 0) is 86.5 Å². The number of amides is 2. The van der Waals surface area contributed by atoms with Crippen molar-refractivity contribution in [2.75, 3.05) is 62.6 Å². The monoisotopic (exact) mass is 781 g/mol. The topological polar surface area (TPSA) is 170 Å². The maximum Gasteiger partial charge on any atom is 0.410 e. The van der Waals surface area contributed by atoms with Gasteiger partial charge in [0.25, 0.3) is 0 Å². The molecule has 2 saturated heterocycles. The number of carbonyl (C=O) groups excluding carboxylic acids is 2. The number of hydrogen-bond acceptors (Lipinski definition) is 13. The molecule has 3 aromatic rings. The predicted octanol–water partition coefficient (Wildman–Crippen LogP) is 5.73. The molecule has 1 saturated carbocycles. The van der Waals surface area contributed by atoms with Crippen molar-refractivity contribution in [1.29, 1.82) is 0 Å². The van der Waals surface area contributed by atoms with E-state index in [4.69, 9.17) is 29.2 Å². The van der Waals surface area contributed by atoms with Crippen molar-refractivity contribution in [2.24, 2.45) is 0 Å². The SMILES string of the molecule is CC(C)(C)OC(=O)N(CCCN(C(=O)OC(C)(C)C)C1CCCCC1)CCCn1cc(CNc2nc(N3CCNCC3)nc3c2ncn3C2CCCCO2)nn1. The maximum atomic E-state index is 13.4. The van der Waals surface area contributed by atoms with Crippen LogP contribution in [0.25, 0.3) is 11.2 Å². The zero-order valence-corrected chi connectivity index (χ0v) is 34.5. The van der Waals surface area contributed by atoms with Crippen molar-refractivity contribution in [3.05, 3.63) is 18.2 Å². The van der Waals surface area contributed by atoms with E-state index in [2.05, 4.69) is 25.8 Å². The molecule has 3 fully saturated rings. The van der Waals surface area contributed by atoms with E-state index in [1.165, 1.54) is 6.42 Å². The summed E-state index contributed by atoms with van der Waals surface area (Å²) in [4.78, 5) is 47.1. The van der Waals surface area contributed by atoms with Crippen LogP contribution in [0.3, 0.4) is 0 Å². The zero-order valence-electron chi connectivity index (χ0n) is 34.5. The van der Waals surface area contributed by atoms with Crippen LogP contribution in [0.4, 0.5) is 21.4 Å². The second-order valence-corrected chi connectivity index (χ2v) is 17.2. The highest BCUT2D eigenvalue weighted by Crippen LogP contribution is 2.30. The smallest absolute Gasteiger partial charge is 0.410 e. The highest BCUT2D eigenvalue weighted by molar-refractivity contribution is 5.84. The average molecular weight is 781 g/mol. The first-order valence-corrected chi connectivity index (χ1v) is 20.8. The normalized spacial score (nSPS) is 18.5. The van der Waals surface area contributed by atoms with Gasteiger partial charge in [-0.2, -0.15) is 9.97 Å². The Morgan fingerprint density at radius 2 is 1.62 bits per heavy atom. The number of fused-ring (bicyclic) bond motifs is 1. The quantitative estimate of drug-likeness (QED) is 0.204. The van der Waals surface area contributed by atoms with Crippen LogP contribution in [0.15, 0.2) is 12.5 Å². The number of ether oxygens (including phenoxy) is 3. The van der Waals surface area contributed by atoms with Crippen molar-refractivity contribution in [3.63, 3.8) is 0 Å². The minimum atomic E-state index is -0.628. The Bertz CT molecular complexity index is 1710. The summed E-state index contributed by atoms with van der Waals surface area (Å²) in [6.07, 6.45) is 12.7. The minimum Gasteiger partial charge on any atom is -0.444 e. The van der Waals surface area contributed by atoms with Crippen molar-refractivity contribution in [2.45, 2.75) is 142 Å². The van der Waals surface area contributed by atoms with Gasteiger partial charge in [0, 0.05) is 65.0 Å². The highest BCUT2D eigenvalue weighted by Gasteiger charge is 2.30. The first kappa shape index (κ1) is 41.4. The summed E-state index contributed by atoms with van der Waals surface area (Å²) in [5.41, 5.74) is 1.00. The second kappa shape index (κ2) is 18.8. The average Bonchev–Trinajstić information content (AvgIpc) is 3.81. The number of nitrogens with one attached hydrogen (secondary N) is 2. The van der Waals surface area contributed by atoms with Gasteiger partial charge in [-0.15, -0.1) is 5.10 Å². The van der Waals surface area contributed by atoms with E-state index in [0.717, 1.165) is 89.1 Å². The molecule has 2 N–H and O–H groups in total. The van der Waals surface area contributed by atoms with Gasteiger partial charge in [0.1, 0.15) is 23.1 Å². The Balaban J connectivity index is 1.07. The third-order valence-electron chi connectivity index (χ3n) is 10.2. The van der Waals surface area contributed by atoms with Crippen molar-refractivity contribution in [3.8, 4) is 0 Å². The van der Waals surface area contributed by atoms with Gasteiger partial charge >= 0.3 is 12.2 Å². The first-order valence-electron chi connectivity index (χ1n) is 20.8. The molecule has 2 amide bonds. The Morgan fingerprint density at radius 3 is 2.34 bits per heavy atom. The molecule has 2 aliphatic heterocycles. The predicted molar refractivity (Wildman–Crippen MR) is 213 cm³/mol. The summed E-state index contributed by atoms with van der Waals surface area (Å²) >= 11 is 0. The Morgan fingerprint density at radius 1 is 0.911 bits per heavy atom. The summed E-state index contributed by atoms with van der Waals surface area (Å²) in [5, 5.41) is 15.7. The number of rotatable bonds is 14. The number of imidazole rings is 1. The molecular weight excluding hydrogens is 717 g/mol. The number of piperazine rings is 1. The molecule has 3 aromatic heterocycles. The molecule has 3 aliphatic rings. The number of nitrogens with zero attached hydrogens (tertiary/aromatic N) is 10. The molecule has 17 heteroatoms. The summed E-state index contributed by atoms with van der Waals surface area (Å²) in [7, 11) is 0. The van der Waals surface area contributed by atoms with E-state index >= 15 is 0 Å². The van der Waals surface area contributed by atoms with Crippen LogP contribution in [0.2, 0.25) is 0 Å². The molecule has 56 heavy (non-hydrogen) atoms. The Labute approximate surface area is 331 Å². The molecule has 1 aliphatic carbocycles. The molecule has 1 unspecified atom stereocenters. The van der Waals surface area contributed by atoms with Crippen molar-refractivity contribution < 1.29 is 23.8 Å². The number of carbonyl (C=O) groups is 2. The van der Waals surface area contributed by atoms with Gasteiger partial charge in [0.2, 0.25) is 5.95 Å². The van der Waals surface area contributed by atoms with E-state index in [-0.39, 0.29) is 24.5 Å². The van der Waals surface area contributed by atoms with E-state index < -0.39 is 11.2 Å². The van der Waals surface area contributed by atoms with Crippen molar-refractivity contribution >= 4 is 35.1 Å². The van der Waals surface area contributed by atoms with Crippen LogP contribution >= 0.6 is 0 Å². The minimum absolute atomic E-state index is 0.0907. The maximum absolute atomic E-state index is 13.4. The van der Waals surface area contributed by atoms with Crippen LogP contribution in [0.1, 0.15) is 118 Å². The number of hydrogen-bond donors (Lipinski definition) is 2. The molecule has 6 rings (SSSR count). The van der Waals surface area contributed by atoms with Crippen molar-refractivity contribution in [1.82, 2.24) is 49.6 Å². The third-order valence-corrected chi connectivity index (χ3v) is 10.2. The van der Waals surface area contributed by atoms with Gasteiger partial charge in [0.15, 0.2) is 17.0 Å². The molecule has 17 nitrogen and oxygen atoms in total. The lowest BCUT2D eigenvalue weighted by Crippen LogP contribution is -2.46. The lowest BCUT2D eigenvalue weighted by molar-refractivity contribution is -0.0298. The Kier molecular flexibility index (Phi) is 13.9. The van der Waals surface area contributed by atoms with Crippen LogP contribution in [0, 0.1) is 0 Å². The number of aryl methyl sites for hydroxylation is 1. The Hall–Kier alpha value is -4.25. The van der Waals surface area contributed by atoms with Crippen LogP contribution in [-0.4, -0.2) is 126 Å². The van der Waals surface area contributed by atoms with Crippen LogP contribution in [0.5, 0.6) is 0 Å². The molecule has 1 atom stereocenters. The molecule has 0 radical (unpaired) electrons. The fourth-order valence-electron chi connectivity index (χ4n) is 7.50. The second-order valence-electron chi connectivity index (χ2n) is 17.2. The highest BCUT2D eigenvalue weighted by atomic mass is 16.6. The number of anilines is 2. The van der Waals surface area contributed by atoms with E-state index in [0.29, 0.717) is 62.8 Å². The molecule has 0 bridgehead atoms. The lowest BCUT2D eigenvalue weighted by atomic mass is 9.94. The van der Waals surface area contributed by atoms with Gasteiger partial charge in [-0.1, -0.05) is 24.5 Å². The molecule has 0 spiro atoms. The van der Waals surface area contributed by atoms with Crippen LogP contribution in [-0.2, 0) is 27.3 Å². The lowest BCUT2D eigenvalue weighted by Gasteiger charge is -2.36. The molecule has 310 valence electrons. The third kappa shape index (κ3) is 11.6. The van der Waals surface area contributed by atoms with Gasteiger partial charge in [-0.25, -0.2) is 14.6 Å². The fraction of sp³-hybridized carbons (Fsp3) is 0.769. The summed E-state index contributed by atoms with van der Waals surface area (Å²) in [5.74, 6) is 1.32. The zero-order chi connectivity index (χ0) is 39.7. The van der Waals surface area contributed by atoms with E-state index in [1.54, 1.807) is 9.58 Å². The van der Waals surface area contributed by atoms with Gasteiger partial charge < -0.3 is 39.5 Å². The summed E-state index contributed by atoms with van der Waals surface area (Å²) in [6.45, 7) is 17.8. The molecule has 0 aromatic carbocycles. The fourth-order valence-corrected chi connectivity index (χ4v) is 7.50. The van der Waals surface area contributed by atoms with E-state index in [1.807, 2.05) is 63.5 Å². The van der Waals surface area contributed by atoms with Gasteiger partial charge in [-0.3, -0.25) is 9.25 Å². The first-order chi connectivity index (χ1) is 26.8. The molecular formula is C39H64N12O5. The standard InChI is InChI=1S/C39H64N12O5/c1-38(2,3)55-36(52)48(20-13-22-50(30-14-8-7-9-15-30)37(53)56-39(4,5)6)19-12-21-49-27-29(45-46-49)26-41-33-32-34(44-35(43-33)47-23-17-40-18-24-47)51(28-42-32)31-16-10-11-25-54-31/h27-28,30-31,40H,7-26H2,1-6H3,(H,41,43,44). The largest absolute Gasteiger partial charge is 0.444 e. The summed E-state index contributed by atoms with van der Waals surface area (Å²) < 4.78 is 21.5. The summed E-state index contributed by atoms with van der Waals surface area (Å²) in [6, 6.07) is 0.160. The van der Waals surface area contributed by atoms with E-state index in [9.17, 15) is 9.59 Å². The van der Waals surface area contributed by atoms with Gasteiger partial charge in [0.05, 0.1) is 19.1 Å². The molecule has 5 heterocycles. The number of aromatic nitrogens is 7.